The topological polar surface area (TPSA) is 121 Å². The lowest BCUT2D eigenvalue weighted by molar-refractivity contribution is -0.384. The zero-order valence-corrected chi connectivity index (χ0v) is 14.4. The fourth-order valence-electron chi connectivity index (χ4n) is 2.52. The number of carbonyl (C=O) groups excluding carboxylic acids is 1. The van der Waals surface area contributed by atoms with E-state index in [0.29, 0.717) is 17.1 Å². The molecular formula is C20H14N4O4. The number of nitriles is 1. The van der Waals surface area contributed by atoms with Crippen LogP contribution in [-0.4, -0.2) is 20.5 Å². The molecule has 1 heterocycles. The number of carbonyl (C=O) groups is 1. The van der Waals surface area contributed by atoms with E-state index in [-0.39, 0.29) is 17.0 Å². The molecule has 138 valence electrons. The highest BCUT2D eigenvalue weighted by molar-refractivity contribution is 6.09. The minimum Gasteiger partial charge on any atom is -0.508 e. The number of nitro benzene ring substituents is 1. The van der Waals surface area contributed by atoms with Gasteiger partial charge < -0.3 is 15.0 Å². The minimum absolute atomic E-state index is 0.0287. The molecule has 8 nitrogen and oxygen atoms in total. The number of nitrogens with one attached hydrogen (secondary N) is 1. The Kier molecular flexibility index (Phi) is 5.18. The third-order valence-electron chi connectivity index (χ3n) is 3.90. The van der Waals surface area contributed by atoms with Crippen LogP contribution in [0.1, 0.15) is 5.69 Å². The van der Waals surface area contributed by atoms with Crippen molar-refractivity contribution in [3.63, 3.8) is 0 Å². The zero-order valence-electron chi connectivity index (χ0n) is 14.4. The van der Waals surface area contributed by atoms with E-state index < -0.39 is 10.8 Å². The Morgan fingerprint density at radius 3 is 2.43 bits per heavy atom. The summed E-state index contributed by atoms with van der Waals surface area (Å²) in [4.78, 5) is 22.7. The van der Waals surface area contributed by atoms with E-state index in [1.54, 1.807) is 35.0 Å². The van der Waals surface area contributed by atoms with E-state index in [1.165, 1.54) is 42.5 Å². The van der Waals surface area contributed by atoms with Gasteiger partial charge in [0.2, 0.25) is 0 Å². The number of nitrogens with zero attached hydrogens (tertiary/aromatic N) is 3. The Bertz CT molecular complexity index is 1090. The standard InChI is InChI=1S/C20H14N4O4/c21-13-14(20(26)22-15-3-9-19(25)10-4-15)12-18-2-1-11-23(18)16-5-7-17(8-6-16)24(27)28/h1-12,25H,(H,22,26)/b14-12-. The number of hydrogen-bond donors (Lipinski definition) is 2. The van der Waals surface area contributed by atoms with Gasteiger partial charge in [-0.1, -0.05) is 0 Å². The number of phenols is 1. The van der Waals surface area contributed by atoms with Crippen LogP contribution in [-0.2, 0) is 4.79 Å². The molecule has 0 aliphatic carbocycles. The van der Waals surface area contributed by atoms with Gasteiger partial charge in [-0.05, 0) is 54.6 Å². The predicted molar refractivity (Wildman–Crippen MR) is 103 cm³/mol. The summed E-state index contributed by atoms with van der Waals surface area (Å²) in [6.07, 6.45) is 3.15. The Hall–Kier alpha value is -4.38. The average molecular weight is 374 g/mol. The molecule has 0 saturated carbocycles. The van der Waals surface area contributed by atoms with Crippen molar-refractivity contribution in [3.8, 4) is 17.5 Å². The second-order valence-corrected chi connectivity index (χ2v) is 5.75. The van der Waals surface area contributed by atoms with Crippen molar-refractivity contribution in [2.75, 3.05) is 5.32 Å². The molecule has 1 aromatic heterocycles. The van der Waals surface area contributed by atoms with Crippen LogP contribution in [0.3, 0.4) is 0 Å². The minimum atomic E-state index is -0.593. The molecule has 0 aliphatic rings. The molecule has 0 saturated heterocycles. The van der Waals surface area contributed by atoms with Crippen molar-refractivity contribution in [2.45, 2.75) is 0 Å². The smallest absolute Gasteiger partial charge is 0.269 e. The number of benzene rings is 2. The first-order valence-electron chi connectivity index (χ1n) is 8.12. The molecule has 0 unspecified atom stereocenters. The van der Waals surface area contributed by atoms with Crippen molar-refractivity contribution >= 4 is 23.4 Å². The lowest BCUT2D eigenvalue weighted by Gasteiger charge is -2.08. The maximum absolute atomic E-state index is 12.4. The van der Waals surface area contributed by atoms with Crippen LogP contribution in [0.15, 0.2) is 72.4 Å². The molecule has 1 amide bonds. The molecule has 0 bridgehead atoms. The van der Waals surface area contributed by atoms with Crippen LogP contribution in [0.2, 0.25) is 0 Å². The van der Waals surface area contributed by atoms with E-state index in [1.807, 2.05) is 6.07 Å². The molecule has 2 aromatic carbocycles. The van der Waals surface area contributed by atoms with Crippen molar-refractivity contribution in [1.82, 2.24) is 4.57 Å². The first kappa shape index (κ1) is 18.4. The largest absolute Gasteiger partial charge is 0.508 e. The third-order valence-corrected chi connectivity index (χ3v) is 3.90. The van der Waals surface area contributed by atoms with Gasteiger partial charge in [0.1, 0.15) is 17.4 Å². The van der Waals surface area contributed by atoms with Crippen LogP contribution in [0.4, 0.5) is 11.4 Å². The van der Waals surface area contributed by atoms with Crippen molar-refractivity contribution < 1.29 is 14.8 Å². The van der Waals surface area contributed by atoms with E-state index in [9.17, 15) is 25.3 Å². The Morgan fingerprint density at radius 1 is 1.14 bits per heavy atom. The second kappa shape index (κ2) is 7.88. The van der Waals surface area contributed by atoms with Gasteiger partial charge in [0.25, 0.3) is 11.6 Å². The highest BCUT2D eigenvalue weighted by Crippen LogP contribution is 2.20. The summed E-state index contributed by atoms with van der Waals surface area (Å²) in [6, 6.07) is 17.1. The Morgan fingerprint density at radius 2 is 1.82 bits per heavy atom. The van der Waals surface area contributed by atoms with Crippen LogP contribution in [0, 0.1) is 21.4 Å². The summed E-state index contributed by atoms with van der Waals surface area (Å²) < 4.78 is 1.70. The second-order valence-electron chi connectivity index (χ2n) is 5.75. The van der Waals surface area contributed by atoms with E-state index in [0.717, 1.165) is 0 Å². The number of aromatic nitrogens is 1. The number of nitro groups is 1. The summed E-state index contributed by atoms with van der Waals surface area (Å²) in [7, 11) is 0. The third kappa shape index (κ3) is 4.05. The van der Waals surface area contributed by atoms with Gasteiger partial charge in [-0.2, -0.15) is 5.26 Å². The molecule has 0 radical (unpaired) electrons. The fraction of sp³-hybridized carbons (Fsp3) is 0. The lowest BCUT2D eigenvalue weighted by atomic mass is 10.2. The molecule has 0 aliphatic heterocycles. The number of hydrogen-bond acceptors (Lipinski definition) is 5. The van der Waals surface area contributed by atoms with Crippen LogP contribution in [0.5, 0.6) is 5.75 Å². The van der Waals surface area contributed by atoms with E-state index in [2.05, 4.69) is 5.32 Å². The SMILES string of the molecule is N#C/C(=C/c1cccn1-c1ccc([N+](=O)[O-])cc1)C(=O)Nc1ccc(O)cc1. The zero-order chi connectivity index (χ0) is 20.1. The molecule has 8 heteroatoms. The Labute approximate surface area is 159 Å². The van der Waals surface area contributed by atoms with Gasteiger partial charge >= 0.3 is 0 Å². The van der Waals surface area contributed by atoms with Gasteiger partial charge in [-0.3, -0.25) is 14.9 Å². The van der Waals surface area contributed by atoms with Crippen LogP contribution in [0.25, 0.3) is 11.8 Å². The molecule has 0 atom stereocenters. The van der Waals surface area contributed by atoms with Crippen molar-refractivity contribution in [2.24, 2.45) is 0 Å². The van der Waals surface area contributed by atoms with E-state index in [4.69, 9.17) is 0 Å². The molecule has 0 spiro atoms. The first-order chi connectivity index (χ1) is 13.5. The first-order valence-corrected chi connectivity index (χ1v) is 8.12. The van der Waals surface area contributed by atoms with Crippen molar-refractivity contribution in [3.05, 3.63) is 88.2 Å². The van der Waals surface area contributed by atoms with Gasteiger partial charge in [-0.15, -0.1) is 0 Å². The molecular weight excluding hydrogens is 360 g/mol. The molecule has 0 fully saturated rings. The number of phenolic OH excluding ortho intramolecular Hbond substituents is 1. The summed E-state index contributed by atoms with van der Waals surface area (Å²) in [6.45, 7) is 0. The molecule has 3 aromatic rings. The maximum Gasteiger partial charge on any atom is 0.269 e. The van der Waals surface area contributed by atoms with Crippen LogP contribution < -0.4 is 5.32 Å². The van der Waals surface area contributed by atoms with Gasteiger partial charge in [0.05, 0.1) is 4.92 Å². The van der Waals surface area contributed by atoms with E-state index >= 15 is 0 Å². The van der Waals surface area contributed by atoms with Gasteiger partial charge in [0, 0.05) is 35.4 Å². The van der Waals surface area contributed by atoms with Crippen molar-refractivity contribution in [1.29, 1.82) is 5.26 Å². The number of amides is 1. The molecule has 3 rings (SSSR count). The highest BCUT2D eigenvalue weighted by Gasteiger charge is 2.12. The number of anilines is 1. The maximum atomic E-state index is 12.4. The number of aromatic hydroxyl groups is 1. The van der Waals surface area contributed by atoms with Gasteiger partial charge in [-0.25, -0.2) is 0 Å². The molecule has 2 N–H and O–H groups in total. The quantitative estimate of drug-likeness (QED) is 0.232. The summed E-state index contributed by atoms with van der Waals surface area (Å²) in [5.41, 5.74) is 1.51. The summed E-state index contributed by atoms with van der Waals surface area (Å²) in [5.74, 6) is -0.528. The average Bonchev–Trinajstić information content (AvgIpc) is 3.16. The van der Waals surface area contributed by atoms with Crippen LogP contribution >= 0.6 is 0 Å². The number of non-ortho nitro benzene ring substituents is 1. The lowest BCUT2D eigenvalue weighted by Crippen LogP contribution is -2.13. The fourth-order valence-corrected chi connectivity index (χ4v) is 2.52. The number of rotatable bonds is 5. The summed E-state index contributed by atoms with van der Waals surface area (Å²) >= 11 is 0. The Balaban J connectivity index is 1.86. The normalized spacial score (nSPS) is 10.9. The predicted octanol–water partition coefficient (Wildman–Crippen LogP) is 3.64. The summed E-state index contributed by atoms with van der Waals surface area (Å²) in [5, 5.41) is 32.0. The molecule has 28 heavy (non-hydrogen) atoms. The highest BCUT2D eigenvalue weighted by atomic mass is 16.6. The monoisotopic (exact) mass is 374 g/mol. The van der Waals surface area contributed by atoms with Gasteiger partial charge in [0.15, 0.2) is 0 Å².